The van der Waals surface area contributed by atoms with E-state index in [-0.39, 0.29) is 34.9 Å². The molecule has 0 aliphatic heterocycles. The van der Waals surface area contributed by atoms with Crippen LogP contribution in [0.3, 0.4) is 0 Å². The topological polar surface area (TPSA) is 152 Å². The van der Waals surface area contributed by atoms with Gasteiger partial charge in [0.05, 0.1) is 22.8 Å². The van der Waals surface area contributed by atoms with Crippen LogP contribution in [0.2, 0.25) is 0 Å². The lowest BCUT2D eigenvalue weighted by Gasteiger charge is -2.22. The van der Waals surface area contributed by atoms with Crippen LogP contribution in [0.15, 0.2) is 42.6 Å². The Morgan fingerprint density at radius 2 is 1.90 bits per heavy atom. The predicted octanol–water partition coefficient (Wildman–Crippen LogP) is 3.34. The molecule has 0 fully saturated rings. The Bertz CT molecular complexity index is 1300. The second-order valence-corrected chi connectivity index (χ2v) is 7.21. The summed E-state index contributed by atoms with van der Waals surface area (Å²) in [6.07, 6.45) is 2.61. The number of nitriles is 1. The van der Waals surface area contributed by atoms with Crippen molar-refractivity contribution in [3.63, 3.8) is 0 Å². The number of hydrogen-bond acceptors (Lipinski definition) is 8. The summed E-state index contributed by atoms with van der Waals surface area (Å²) in [4.78, 5) is 13.0. The van der Waals surface area contributed by atoms with Gasteiger partial charge in [-0.1, -0.05) is 19.1 Å². The molecule has 4 rings (SSSR count). The van der Waals surface area contributed by atoms with Crippen LogP contribution in [0.25, 0.3) is 22.2 Å². The SMILES string of the molecule is CC[C@H](Nc1nc(N)nc(N)c1C#N)c1nc2ccn(C)c2cc1-c1ccc(O)cc1. The van der Waals surface area contributed by atoms with Crippen LogP contribution in [-0.4, -0.2) is 24.6 Å². The van der Waals surface area contributed by atoms with Crippen LogP contribution in [0.5, 0.6) is 5.75 Å². The minimum atomic E-state index is -0.283. The molecule has 0 saturated heterocycles. The highest BCUT2D eigenvalue weighted by Gasteiger charge is 2.22. The van der Waals surface area contributed by atoms with Gasteiger partial charge in [0.1, 0.15) is 23.2 Å². The van der Waals surface area contributed by atoms with Crippen molar-refractivity contribution in [2.24, 2.45) is 7.05 Å². The summed E-state index contributed by atoms with van der Waals surface area (Å²) in [5.41, 5.74) is 16.2. The number of phenolic OH excluding ortho intramolecular Hbond substituents is 1. The largest absolute Gasteiger partial charge is 0.508 e. The first-order valence-corrected chi connectivity index (χ1v) is 9.76. The Balaban J connectivity index is 1.88. The van der Waals surface area contributed by atoms with Crippen molar-refractivity contribution in [3.05, 3.63) is 53.9 Å². The first-order valence-electron chi connectivity index (χ1n) is 9.76. The number of aromatic hydroxyl groups is 1. The molecule has 0 spiro atoms. The summed E-state index contributed by atoms with van der Waals surface area (Å²) in [5, 5.41) is 22.5. The number of nitrogens with one attached hydrogen (secondary N) is 1. The fourth-order valence-electron chi connectivity index (χ4n) is 3.58. The number of aromatic nitrogens is 4. The van der Waals surface area contributed by atoms with E-state index in [1.165, 1.54) is 0 Å². The van der Waals surface area contributed by atoms with Gasteiger partial charge in [-0.2, -0.15) is 15.2 Å². The lowest BCUT2D eigenvalue weighted by molar-refractivity contribution is 0.475. The molecule has 3 heterocycles. The summed E-state index contributed by atoms with van der Waals surface area (Å²) in [5.74, 6) is 0.469. The van der Waals surface area contributed by atoms with Crippen LogP contribution in [0.4, 0.5) is 17.6 Å². The van der Waals surface area contributed by atoms with Crippen molar-refractivity contribution >= 4 is 28.6 Å². The Labute approximate surface area is 179 Å². The van der Waals surface area contributed by atoms with Gasteiger partial charge in [-0.15, -0.1) is 0 Å². The van der Waals surface area contributed by atoms with E-state index >= 15 is 0 Å². The zero-order valence-corrected chi connectivity index (χ0v) is 17.2. The van der Waals surface area contributed by atoms with Crippen molar-refractivity contribution in [1.29, 1.82) is 5.26 Å². The molecule has 0 bridgehead atoms. The molecule has 4 aromatic rings. The van der Waals surface area contributed by atoms with Gasteiger partial charge in [0, 0.05) is 18.8 Å². The zero-order valence-electron chi connectivity index (χ0n) is 17.2. The van der Waals surface area contributed by atoms with Crippen LogP contribution >= 0.6 is 0 Å². The fraction of sp³-hybridized carbons (Fsp3) is 0.182. The molecule has 0 saturated carbocycles. The van der Waals surface area contributed by atoms with Crippen LogP contribution in [0.1, 0.15) is 30.6 Å². The third kappa shape index (κ3) is 3.67. The van der Waals surface area contributed by atoms with E-state index < -0.39 is 0 Å². The molecule has 31 heavy (non-hydrogen) atoms. The van der Waals surface area contributed by atoms with Gasteiger partial charge in [-0.25, -0.2) is 4.98 Å². The van der Waals surface area contributed by atoms with Crippen molar-refractivity contribution in [2.75, 3.05) is 16.8 Å². The number of benzene rings is 1. The van der Waals surface area contributed by atoms with Gasteiger partial charge in [0.15, 0.2) is 5.82 Å². The van der Waals surface area contributed by atoms with E-state index in [0.717, 1.165) is 27.9 Å². The second-order valence-electron chi connectivity index (χ2n) is 7.21. The van der Waals surface area contributed by atoms with Gasteiger partial charge in [-0.05, 0) is 36.2 Å². The number of phenols is 1. The van der Waals surface area contributed by atoms with Crippen LogP contribution in [0, 0.1) is 11.3 Å². The van der Waals surface area contributed by atoms with Crippen molar-refractivity contribution in [1.82, 2.24) is 19.5 Å². The maximum Gasteiger partial charge on any atom is 0.224 e. The number of nitrogens with two attached hydrogens (primary N) is 2. The average molecular weight is 414 g/mol. The number of anilines is 3. The zero-order chi connectivity index (χ0) is 22.1. The molecule has 0 aliphatic rings. The van der Waals surface area contributed by atoms with Gasteiger partial charge < -0.3 is 26.5 Å². The number of nitrogens with zero attached hydrogens (tertiary/aromatic N) is 5. The molecule has 156 valence electrons. The van der Waals surface area contributed by atoms with E-state index in [1.807, 2.05) is 49.0 Å². The lowest BCUT2D eigenvalue weighted by atomic mass is 9.97. The van der Waals surface area contributed by atoms with Gasteiger partial charge in [0.2, 0.25) is 5.95 Å². The lowest BCUT2D eigenvalue weighted by Crippen LogP contribution is -2.16. The summed E-state index contributed by atoms with van der Waals surface area (Å²) < 4.78 is 2.00. The molecule has 9 heteroatoms. The average Bonchev–Trinajstić information content (AvgIpc) is 3.11. The monoisotopic (exact) mass is 414 g/mol. The van der Waals surface area contributed by atoms with Gasteiger partial charge in [-0.3, -0.25) is 0 Å². The predicted molar refractivity (Wildman–Crippen MR) is 120 cm³/mol. The smallest absolute Gasteiger partial charge is 0.224 e. The standard InChI is InChI=1S/C22H22N8O/c1-3-16(27-21-15(11-23)20(24)28-22(25)29-21)19-14(12-4-6-13(31)7-5-12)10-18-17(26-19)8-9-30(18)2/h4-10,16,31H,3H2,1-2H3,(H5,24,25,27,28,29)/t16-/m0/s1. The summed E-state index contributed by atoms with van der Waals surface area (Å²) >= 11 is 0. The van der Waals surface area contributed by atoms with E-state index in [1.54, 1.807) is 12.1 Å². The quantitative estimate of drug-likeness (QED) is 0.388. The fourth-order valence-corrected chi connectivity index (χ4v) is 3.58. The van der Waals surface area contributed by atoms with Crippen molar-refractivity contribution in [3.8, 4) is 22.9 Å². The molecule has 0 aliphatic carbocycles. The minimum Gasteiger partial charge on any atom is -0.508 e. The third-order valence-corrected chi connectivity index (χ3v) is 5.19. The Morgan fingerprint density at radius 1 is 1.16 bits per heavy atom. The highest BCUT2D eigenvalue weighted by atomic mass is 16.3. The number of fused-ring (bicyclic) bond motifs is 1. The first kappa shape index (κ1) is 20.0. The maximum absolute atomic E-state index is 9.71. The number of hydrogen-bond donors (Lipinski definition) is 4. The number of aryl methyl sites for hydroxylation is 1. The van der Waals surface area contributed by atoms with Crippen LogP contribution in [-0.2, 0) is 7.05 Å². The molecule has 3 aromatic heterocycles. The highest BCUT2D eigenvalue weighted by Crippen LogP contribution is 2.35. The summed E-state index contributed by atoms with van der Waals surface area (Å²) in [6.45, 7) is 2.01. The van der Waals surface area contributed by atoms with E-state index in [4.69, 9.17) is 16.5 Å². The molecule has 0 unspecified atom stereocenters. The Hall–Kier alpha value is -4.32. The molecule has 9 nitrogen and oxygen atoms in total. The Kier molecular flexibility index (Phi) is 5.05. The summed E-state index contributed by atoms with van der Waals surface area (Å²) in [6, 6.07) is 12.8. The molecular formula is C22H22N8O. The van der Waals surface area contributed by atoms with Crippen molar-refractivity contribution < 1.29 is 5.11 Å². The first-order chi connectivity index (χ1) is 14.9. The van der Waals surface area contributed by atoms with Gasteiger partial charge in [0.25, 0.3) is 0 Å². The number of nitrogen functional groups attached to an aromatic ring is 2. The third-order valence-electron chi connectivity index (χ3n) is 5.19. The normalized spacial score (nSPS) is 11.9. The second kappa shape index (κ2) is 7.84. The van der Waals surface area contributed by atoms with E-state index in [0.29, 0.717) is 6.42 Å². The Morgan fingerprint density at radius 3 is 2.58 bits per heavy atom. The maximum atomic E-state index is 9.71. The van der Waals surface area contributed by atoms with Crippen LogP contribution < -0.4 is 16.8 Å². The number of rotatable bonds is 5. The summed E-state index contributed by atoms with van der Waals surface area (Å²) in [7, 11) is 1.96. The minimum absolute atomic E-state index is 0.0147. The van der Waals surface area contributed by atoms with E-state index in [9.17, 15) is 10.4 Å². The molecule has 1 atom stereocenters. The molecule has 6 N–H and O–H groups in total. The van der Waals surface area contributed by atoms with Crippen molar-refractivity contribution in [2.45, 2.75) is 19.4 Å². The molecular weight excluding hydrogens is 392 g/mol. The molecule has 0 radical (unpaired) electrons. The van der Waals surface area contributed by atoms with E-state index in [2.05, 4.69) is 21.4 Å². The molecule has 1 aromatic carbocycles. The number of pyridine rings is 1. The molecule has 0 amide bonds. The highest BCUT2D eigenvalue weighted by molar-refractivity contribution is 5.83. The van der Waals surface area contributed by atoms with Gasteiger partial charge >= 0.3 is 0 Å².